The Kier molecular flexibility index (Phi) is 6.27. The van der Waals surface area contributed by atoms with Crippen LogP contribution in [-0.2, 0) is 9.53 Å². The van der Waals surface area contributed by atoms with E-state index in [2.05, 4.69) is 6.92 Å². The minimum atomic E-state index is -0.416. The second-order valence-corrected chi connectivity index (χ2v) is 6.59. The van der Waals surface area contributed by atoms with Crippen molar-refractivity contribution in [2.75, 3.05) is 19.7 Å². The molecular weight excluding hydrogens is 240 g/mol. The van der Waals surface area contributed by atoms with Gasteiger partial charge in [0.25, 0.3) is 0 Å². The third-order valence-electron chi connectivity index (χ3n) is 3.74. The maximum absolute atomic E-state index is 12.4. The number of hydrogen-bond donors (Lipinski definition) is 1. The van der Waals surface area contributed by atoms with Gasteiger partial charge in [-0.25, -0.2) is 0 Å². The average Bonchev–Trinajstić information content (AvgIpc) is 2.58. The molecule has 1 saturated heterocycles. The van der Waals surface area contributed by atoms with Crippen LogP contribution in [0, 0.1) is 5.41 Å². The van der Waals surface area contributed by atoms with Gasteiger partial charge in [-0.15, -0.1) is 0 Å². The van der Waals surface area contributed by atoms with Gasteiger partial charge in [-0.1, -0.05) is 27.7 Å². The molecule has 2 atom stereocenters. The zero-order valence-electron chi connectivity index (χ0n) is 12.9. The molecule has 19 heavy (non-hydrogen) atoms. The maximum Gasteiger partial charge on any atom is 0.240 e. The Morgan fingerprint density at radius 3 is 2.63 bits per heavy atom. The third-order valence-corrected chi connectivity index (χ3v) is 3.74. The van der Waals surface area contributed by atoms with Gasteiger partial charge in [-0.3, -0.25) is 4.79 Å². The lowest BCUT2D eigenvalue weighted by molar-refractivity contribution is -0.135. The van der Waals surface area contributed by atoms with Crippen LogP contribution in [0.2, 0.25) is 0 Å². The molecule has 1 heterocycles. The van der Waals surface area contributed by atoms with Gasteiger partial charge in [-0.05, 0) is 31.1 Å². The molecule has 1 aliphatic rings. The first-order chi connectivity index (χ1) is 8.86. The van der Waals surface area contributed by atoms with Crippen LogP contribution in [0.1, 0.15) is 53.4 Å². The number of amides is 1. The van der Waals surface area contributed by atoms with Gasteiger partial charge in [0.1, 0.15) is 0 Å². The summed E-state index contributed by atoms with van der Waals surface area (Å²) < 4.78 is 5.80. The quantitative estimate of drug-likeness (QED) is 0.851. The molecule has 0 bridgehead atoms. The number of nitrogens with zero attached hydrogens (tertiary/aromatic N) is 1. The molecule has 1 aliphatic heterocycles. The first kappa shape index (κ1) is 16.4. The van der Waals surface area contributed by atoms with Gasteiger partial charge >= 0.3 is 0 Å². The highest BCUT2D eigenvalue weighted by molar-refractivity contribution is 5.82. The van der Waals surface area contributed by atoms with E-state index in [1.54, 1.807) is 0 Å². The largest absolute Gasteiger partial charge is 0.378 e. The highest BCUT2D eigenvalue weighted by atomic mass is 16.5. The fraction of sp³-hybridized carbons (Fsp3) is 0.933. The Morgan fingerprint density at radius 1 is 1.37 bits per heavy atom. The van der Waals surface area contributed by atoms with Gasteiger partial charge < -0.3 is 15.4 Å². The van der Waals surface area contributed by atoms with E-state index in [-0.39, 0.29) is 11.3 Å². The van der Waals surface area contributed by atoms with Crippen molar-refractivity contribution in [3.05, 3.63) is 0 Å². The minimum Gasteiger partial charge on any atom is -0.378 e. The van der Waals surface area contributed by atoms with Crippen LogP contribution in [0.5, 0.6) is 0 Å². The molecule has 0 spiro atoms. The maximum atomic E-state index is 12.4. The van der Waals surface area contributed by atoms with Crippen LogP contribution in [0.25, 0.3) is 0 Å². The summed E-state index contributed by atoms with van der Waals surface area (Å²) in [5.41, 5.74) is 5.89. The van der Waals surface area contributed by atoms with E-state index in [1.807, 2.05) is 25.7 Å². The van der Waals surface area contributed by atoms with Crippen molar-refractivity contribution in [1.82, 2.24) is 4.90 Å². The second-order valence-electron chi connectivity index (χ2n) is 6.59. The zero-order valence-corrected chi connectivity index (χ0v) is 12.9. The van der Waals surface area contributed by atoms with Crippen molar-refractivity contribution in [2.24, 2.45) is 11.1 Å². The van der Waals surface area contributed by atoms with Crippen molar-refractivity contribution in [1.29, 1.82) is 0 Å². The summed E-state index contributed by atoms with van der Waals surface area (Å²) >= 11 is 0. The number of nitrogens with two attached hydrogens (primary N) is 1. The van der Waals surface area contributed by atoms with Gasteiger partial charge in [0.05, 0.1) is 12.1 Å². The summed E-state index contributed by atoms with van der Waals surface area (Å²) in [6.07, 6.45) is 4.35. The van der Waals surface area contributed by atoms with E-state index in [1.165, 1.54) is 0 Å². The van der Waals surface area contributed by atoms with E-state index in [4.69, 9.17) is 10.5 Å². The lowest BCUT2D eigenvalue weighted by Gasteiger charge is -2.31. The molecule has 0 aromatic rings. The molecule has 0 unspecified atom stereocenters. The molecule has 0 radical (unpaired) electrons. The second kappa shape index (κ2) is 7.25. The van der Waals surface area contributed by atoms with Gasteiger partial charge in [0.2, 0.25) is 5.91 Å². The number of rotatable bonds is 4. The summed E-state index contributed by atoms with van der Waals surface area (Å²) in [6, 6.07) is -0.416. The molecule has 2 N–H and O–H groups in total. The highest BCUT2D eigenvalue weighted by Gasteiger charge is 2.32. The van der Waals surface area contributed by atoms with Crippen molar-refractivity contribution in [3.8, 4) is 0 Å². The van der Waals surface area contributed by atoms with Crippen LogP contribution in [0.15, 0.2) is 0 Å². The van der Waals surface area contributed by atoms with Gasteiger partial charge in [0.15, 0.2) is 0 Å². The standard InChI is InChI=1S/C15H30N2O2/c1-5-11-19-12-7-6-9-17(10-8-12)14(18)13(16)15(2,3)4/h12-13H,5-11,16H2,1-4H3/t12-,13+/m0/s1. The number of hydrogen-bond acceptors (Lipinski definition) is 3. The zero-order chi connectivity index (χ0) is 14.5. The molecule has 1 amide bonds. The first-order valence-corrected chi connectivity index (χ1v) is 7.52. The van der Waals surface area contributed by atoms with Crippen molar-refractivity contribution >= 4 is 5.91 Å². The van der Waals surface area contributed by atoms with Gasteiger partial charge in [0, 0.05) is 19.7 Å². The molecule has 4 heteroatoms. The van der Waals surface area contributed by atoms with E-state index in [0.717, 1.165) is 45.4 Å². The summed E-state index contributed by atoms with van der Waals surface area (Å²) in [6.45, 7) is 10.6. The topological polar surface area (TPSA) is 55.6 Å². The van der Waals surface area contributed by atoms with Crippen molar-refractivity contribution < 1.29 is 9.53 Å². The Morgan fingerprint density at radius 2 is 2.05 bits per heavy atom. The molecule has 1 fully saturated rings. The number of carbonyl (C=O) groups is 1. The molecule has 0 saturated carbocycles. The molecule has 0 aromatic heterocycles. The van der Waals surface area contributed by atoms with E-state index >= 15 is 0 Å². The van der Waals surface area contributed by atoms with Crippen LogP contribution < -0.4 is 5.73 Å². The first-order valence-electron chi connectivity index (χ1n) is 7.52. The van der Waals surface area contributed by atoms with Crippen LogP contribution in [-0.4, -0.2) is 42.6 Å². The van der Waals surface area contributed by atoms with E-state index in [9.17, 15) is 4.79 Å². The Bertz CT molecular complexity index is 286. The number of likely N-dealkylation sites (tertiary alicyclic amines) is 1. The fourth-order valence-corrected chi connectivity index (χ4v) is 2.30. The third kappa shape index (κ3) is 5.11. The smallest absolute Gasteiger partial charge is 0.240 e. The molecule has 1 rings (SSSR count). The SMILES string of the molecule is CCCO[C@H]1CCCN(C(=O)[C@@H](N)C(C)(C)C)CC1. The predicted octanol–water partition coefficient (Wildman–Crippen LogP) is 2.17. The molecular formula is C15H30N2O2. The summed E-state index contributed by atoms with van der Waals surface area (Å²) in [7, 11) is 0. The van der Waals surface area contributed by atoms with Crippen LogP contribution >= 0.6 is 0 Å². The molecule has 112 valence electrons. The minimum absolute atomic E-state index is 0.0867. The van der Waals surface area contributed by atoms with Crippen LogP contribution in [0.4, 0.5) is 0 Å². The lowest BCUT2D eigenvalue weighted by atomic mass is 9.86. The van der Waals surface area contributed by atoms with Crippen LogP contribution in [0.3, 0.4) is 0 Å². The summed E-state index contributed by atoms with van der Waals surface area (Å²) in [5.74, 6) is 0.0867. The van der Waals surface area contributed by atoms with Crippen molar-refractivity contribution in [3.63, 3.8) is 0 Å². The molecule has 4 nitrogen and oxygen atoms in total. The van der Waals surface area contributed by atoms with E-state index in [0.29, 0.717) is 6.10 Å². The Labute approximate surface area is 117 Å². The number of ether oxygens (including phenoxy) is 1. The monoisotopic (exact) mass is 270 g/mol. The summed E-state index contributed by atoms with van der Waals surface area (Å²) in [4.78, 5) is 14.3. The van der Waals surface area contributed by atoms with Crippen molar-refractivity contribution in [2.45, 2.75) is 65.5 Å². The number of carbonyl (C=O) groups excluding carboxylic acids is 1. The lowest BCUT2D eigenvalue weighted by Crippen LogP contribution is -2.50. The molecule has 0 aliphatic carbocycles. The Hall–Kier alpha value is -0.610. The fourth-order valence-electron chi connectivity index (χ4n) is 2.30. The van der Waals surface area contributed by atoms with Gasteiger partial charge in [-0.2, -0.15) is 0 Å². The normalized spacial score (nSPS) is 23.0. The van der Waals surface area contributed by atoms with E-state index < -0.39 is 6.04 Å². The predicted molar refractivity (Wildman–Crippen MR) is 77.9 cm³/mol. The Balaban J connectivity index is 2.50. The molecule has 0 aromatic carbocycles. The summed E-state index contributed by atoms with van der Waals surface area (Å²) in [5, 5.41) is 0. The highest BCUT2D eigenvalue weighted by Crippen LogP contribution is 2.21. The average molecular weight is 270 g/mol.